The molecule has 1 saturated heterocycles. The minimum Gasteiger partial charge on any atom is -0.313 e. The van der Waals surface area contributed by atoms with Crippen molar-refractivity contribution in [3.05, 3.63) is 42.0 Å². The van der Waals surface area contributed by atoms with Gasteiger partial charge in [0.05, 0.1) is 0 Å². The van der Waals surface area contributed by atoms with Gasteiger partial charge in [0.25, 0.3) is 0 Å². The Hall–Kier alpha value is -1.12. The lowest BCUT2D eigenvalue weighted by molar-refractivity contribution is 0.246. The van der Waals surface area contributed by atoms with Gasteiger partial charge in [-0.15, -0.1) is 0 Å². The van der Waals surface area contributed by atoms with Crippen LogP contribution < -0.4 is 5.32 Å². The highest BCUT2D eigenvalue weighted by Crippen LogP contribution is 2.09. The molecule has 1 heterocycles. The fraction of sp³-hybridized carbons (Fsp3) is 0.556. The molecule has 0 amide bonds. The molecule has 1 atom stereocenters. The number of hydrogen-bond donors (Lipinski definition) is 1. The average Bonchev–Trinajstić information content (AvgIpc) is 2.92. The zero-order valence-corrected chi connectivity index (χ0v) is 12.9. The summed E-state index contributed by atoms with van der Waals surface area (Å²) in [5.41, 5.74) is 1.29. The summed E-state index contributed by atoms with van der Waals surface area (Å²) in [7, 11) is 0. The number of hydrogen-bond acceptors (Lipinski definition) is 2. The van der Waals surface area contributed by atoms with Crippen LogP contribution >= 0.6 is 0 Å². The molecular formula is C18H28N2. The highest BCUT2D eigenvalue weighted by molar-refractivity contribution is 5.48. The summed E-state index contributed by atoms with van der Waals surface area (Å²) in [6.45, 7) is 9.20. The molecule has 0 saturated carbocycles. The zero-order chi connectivity index (χ0) is 14.2. The molecule has 0 radical (unpaired) electrons. The normalized spacial score (nSPS) is 19.5. The summed E-state index contributed by atoms with van der Waals surface area (Å²) >= 11 is 0. The molecule has 0 aromatic heterocycles. The molecule has 0 bridgehead atoms. The summed E-state index contributed by atoms with van der Waals surface area (Å²) < 4.78 is 0. The predicted molar refractivity (Wildman–Crippen MR) is 87.8 cm³/mol. The van der Waals surface area contributed by atoms with Crippen molar-refractivity contribution < 1.29 is 0 Å². The molecule has 1 N–H and O–H groups in total. The van der Waals surface area contributed by atoms with Crippen LogP contribution in [0.1, 0.15) is 32.3 Å². The zero-order valence-electron chi connectivity index (χ0n) is 12.9. The monoisotopic (exact) mass is 272 g/mol. The third kappa shape index (κ3) is 5.48. The number of rotatable bonds is 7. The van der Waals surface area contributed by atoms with Crippen molar-refractivity contribution >= 4 is 6.08 Å². The van der Waals surface area contributed by atoms with Crippen molar-refractivity contribution in [3.8, 4) is 0 Å². The van der Waals surface area contributed by atoms with Crippen LogP contribution in [0.25, 0.3) is 6.08 Å². The van der Waals surface area contributed by atoms with Crippen LogP contribution in [0.3, 0.4) is 0 Å². The molecule has 2 nitrogen and oxygen atoms in total. The van der Waals surface area contributed by atoms with E-state index in [1.807, 2.05) is 0 Å². The Morgan fingerprint density at radius 2 is 2.10 bits per heavy atom. The Morgan fingerprint density at radius 1 is 1.30 bits per heavy atom. The van der Waals surface area contributed by atoms with E-state index in [1.165, 1.54) is 38.0 Å². The maximum Gasteiger partial charge on any atom is 0.0195 e. The largest absolute Gasteiger partial charge is 0.313 e. The highest BCUT2D eigenvalue weighted by Gasteiger charge is 2.17. The van der Waals surface area contributed by atoms with E-state index in [0.29, 0.717) is 6.04 Å². The van der Waals surface area contributed by atoms with E-state index in [0.717, 1.165) is 12.5 Å². The summed E-state index contributed by atoms with van der Waals surface area (Å²) in [5.74, 6) is 0.724. The van der Waals surface area contributed by atoms with Crippen molar-refractivity contribution in [3.63, 3.8) is 0 Å². The number of benzene rings is 1. The standard InChI is InChI=1S/C18H28N2/c1-16(2)14-20(15-18-11-6-12-19-18)13-7-10-17-8-4-3-5-9-17/h3-5,7-10,16,18-19H,6,11-15H2,1-2H3/b10-7+. The lowest BCUT2D eigenvalue weighted by Gasteiger charge is -2.26. The lowest BCUT2D eigenvalue weighted by Crippen LogP contribution is -2.39. The summed E-state index contributed by atoms with van der Waals surface area (Å²) in [6, 6.07) is 11.2. The van der Waals surface area contributed by atoms with Crippen LogP contribution in [0.2, 0.25) is 0 Å². The van der Waals surface area contributed by atoms with Gasteiger partial charge in [-0.1, -0.05) is 56.3 Å². The van der Waals surface area contributed by atoms with E-state index >= 15 is 0 Å². The Bertz CT molecular complexity index is 391. The first-order chi connectivity index (χ1) is 9.74. The Balaban J connectivity index is 1.84. The second kappa shape index (κ2) is 8.23. The Morgan fingerprint density at radius 3 is 2.75 bits per heavy atom. The first-order valence-electron chi connectivity index (χ1n) is 7.91. The van der Waals surface area contributed by atoms with Crippen molar-refractivity contribution in [1.29, 1.82) is 0 Å². The Kier molecular flexibility index (Phi) is 6.28. The van der Waals surface area contributed by atoms with Crippen LogP contribution in [-0.2, 0) is 0 Å². The molecule has 0 spiro atoms. The number of nitrogens with one attached hydrogen (secondary N) is 1. The van der Waals surface area contributed by atoms with Crippen molar-refractivity contribution in [2.75, 3.05) is 26.2 Å². The first kappa shape index (κ1) is 15.3. The van der Waals surface area contributed by atoms with Crippen LogP contribution in [0.15, 0.2) is 36.4 Å². The van der Waals surface area contributed by atoms with Crippen molar-refractivity contribution in [1.82, 2.24) is 10.2 Å². The van der Waals surface area contributed by atoms with Crippen LogP contribution in [-0.4, -0.2) is 37.1 Å². The fourth-order valence-corrected chi connectivity index (χ4v) is 2.87. The molecule has 20 heavy (non-hydrogen) atoms. The van der Waals surface area contributed by atoms with Gasteiger partial charge in [0.2, 0.25) is 0 Å². The molecule has 1 aromatic carbocycles. The van der Waals surface area contributed by atoms with E-state index in [2.05, 4.69) is 66.5 Å². The van der Waals surface area contributed by atoms with E-state index in [-0.39, 0.29) is 0 Å². The quantitative estimate of drug-likeness (QED) is 0.818. The maximum absolute atomic E-state index is 3.60. The van der Waals surface area contributed by atoms with Crippen LogP contribution in [0.5, 0.6) is 0 Å². The van der Waals surface area contributed by atoms with Crippen molar-refractivity contribution in [2.45, 2.75) is 32.7 Å². The minimum absolute atomic E-state index is 0.693. The van der Waals surface area contributed by atoms with E-state index < -0.39 is 0 Å². The second-order valence-electron chi connectivity index (χ2n) is 6.22. The maximum atomic E-state index is 3.60. The molecule has 1 unspecified atom stereocenters. The van der Waals surface area contributed by atoms with Crippen LogP contribution in [0.4, 0.5) is 0 Å². The third-order valence-electron chi connectivity index (χ3n) is 3.74. The summed E-state index contributed by atoms with van der Waals surface area (Å²) in [6.07, 6.45) is 7.19. The summed E-state index contributed by atoms with van der Waals surface area (Å²) in [5, 5.41) is 3.60. The molecular weight excluding hydrogens is 244 g/mol. The van der Waals surface area contributed by atoms with Gasteiger partial charge in [-0.3, -0.25) is 4.90 Å². The van der Waals surface area contributed by atoms with E-state index in [4.69, 9.17) is 0 Å². The third-order valence-corrected chi connectivity index (χ3v) is 3.74. The van der Waals surface area contributed by atoms with E-state index in [9.17, 15) is 0 Å². The van der Waals surface area contributed by atoms with Gasteiger partial charge in [-0.2, -0.15) is 0 Å². The van der Waals surface area contributed by atoms with Crippen LogP contribution in [0, 0.1) is 5.92 Å². The topological polar surface area (TPSA) is 15.3 Å². The highest BCUT2D eigenvalue weighted by atomic mass is 15.1. The second-order valence-corrected chi connectivity index (χ2v) is 6.22. The SMILES string of the molecule is CC(C)CN(C/C=C/c1ccccc1)CC1CCCN1. The molecule has 0 aliphatic carbocycles. The fourth-order valence-electron chi connectivity index (χ4n) is 2.87. The van der Waals surface area contributed by atoms with Gasteiger partial charge in [-0.05, 0) is 30.9 Å². The molecule has 1 aliphatic rings. The van der Waals surface area contributed by atoms with Gasteiger partial charge in [0.15, 0.2) is 0 Å². The predicted octanol–water partition coefficient (Wildman–Crippen LogP) is 3.41. The van der Waals surface area contributed by atoms with Gasteiger partial charge in [-0.25, -0.2) is 0 Å². The van der Waals surface area contributed by atoms with Crippen molar-refractivity contribution in [2.24, 2.45) is 5.92 Å². The smallest absolute Gasteiger partial charge is 0.0195 e. The van der Waals surface area contributed by atoms with Gasteiger partial charge >= 0.3 is 0 Å². The summed E-state index contributed by atoms with van der Waals surface area (Å²) in [4.78, 5) is 2.58. The Labute approximate surface area is 123 Å². The molecule has 1 aliphatic heterocycles. The van der Waals surface area contributed by atoms with Gasteiger partial charge in [0, 0.05) is 25.7 Å². The van der Waals surface area contributed by atoms with Gasteiger partial charge in [0.1, 0.15) is 0 Å². The molecule has 110 valence electrons. The van der Waals surface area contributed by atoms with E-state index in [1.54, 1.807) is 0 Å². The number of nitrogens with zero attached hydrogens (tertiary/aromatic N) is 1. The molecule has 1 fully saturated rings. The average molecular weight is 272 g/mol. The molecule has 1 aromatic rings. The molecule has 2 rings (SSSR count). The molecule has 2 heteroatoms. The van der Waals surface area contributed by atoms with Gasteiger partial charge < -0.3 is 5.32 Å². The lowest BCUT2D eigenvalue weighted by atomic mass is 10.1. The minimum atomic E-state index is 0.693. The first-order valence-corrected chi connectivity index (χ1v) is 7.91.